The van der Waals surface area contributed by atoms with Crippen LogP contribution in [-0.4, -0.2) is 18.7 Å². The first-order chi connectivity index (χ1) is 11.2. The summed E-state index contributed by atoms with van der Waals surface area (Å²) in [6.45, 7) is 4.24. The number of carbonyl (C=O) groups excluding carboxylic acids is 1. The molecule has 0 aliphatic rings. The first-order valence-electron chi connectivity index (χ1n) is 7.16. The van der Waals surface area contributed by atoms with Crippen molar-refractivity contribution in [2.24, 2.45) is 0 Å². The number of halogens is 1. The van der Waals surface area contributed by atoms with Crippen LogP contribution >= 0.6 is 22.6 Å². The molecule has 1 amide bonds. The maximum atomic E-state index is 11.8. The lowest BCUT2D eigenvalue weighted by molar-refractivity contribution is 0.134. The van der Waals surface area contributed by atoms with Gasteiger partial charge in [-0.1, -0.05) is 48.5 Å². The number of nitrogens with one attached hydrogen (secondary N) is 1. The van der Waals surface area contributed by atoms with Crippen LogP contribution in [0.1, 0.15) is 5.56 Å². The average molecular weight is 423 g/mol. The summed E-state index contributed by atoms with van der Waals surface area (Å²) < 4.78 is 11.9. The number of para-hydroxylation sites is 1. The van der Waals surface area contributed by atoms with Gasteiger partial charge >= 0.3 is 6.09 Å². The van der Waals surface area contributed by atoms with Crippen molar-refractivity contribution in [2.45, 2.75) is 12.6 Å². The lowest BCUT2D eigenvalue weighted by Gasteiger charge is -2.16. The Morgan fingerprint density at radius 3 is 2.57 bits per heavy atom. The van der Waals surface area contributed by atoms with Gasteiger partial charge in [-0.25, -0.2) is 4.79 Å². The fourth-order valence-corrected chi connectivity index (χ4v) is 2.37. The molecule has 4 nitrogen and oxygen atoms in total. The minimum absolute atomic E-state index is 0.230. The number of ether oxygens (including phenoxy) is 2. The van der Waals surface area contributed by atoms with Crippen LogP contribution in [0.3, 0.4) is 0 Å². The van der Waals surface area contributed by atoms with E-state index >= 15 is 0 Å². The first-order valence-corrected chi connectivity index (χ1v) is 8.24. The Bertz CT molecular complexity index is 646. The van der Waals surface area contributed by atoms with E-state index < -0.39 is 6.09 Å². The Balaban J connectivity index is 1.78. The highest BCUT2D eigenvalue weighted by atomic mass is 127. The van der Waals surface area contributed by atoms with Crippen molar-refractivity contribution in [3.05, 3.63) is 76.4 Å². The molecule has 0 aliphatic heterocycles. The van der Waals surface area contributed by atoms with Gasteiger partial charge in [-0.15, -0.1) is 6.58 Å². The molecule has 0 saturated carbocycles. The lowest BCUT2D eigenvalue weighted by Crippen LogP contribution is -2.37. The van der Waals surface area contributed by atoms with Crippen LogP contribution in [0.5, 0.6) is 5.75 Å². The minimum Gasteiger partial charge on any atom is -0.490 e. The van der Waals surface area contributed by atoms with Gasteiger partial charge in [0.1, 0.15) is 19.0 Å². The molecule has 0 aromatic heterocycles. The van der Waals surface area contributed by atoms with Gasteiger partial charge in [-0.3, -0.25) is 0 Å². The van der Waals surface area contributed by atoms with Crippen LogP contribution in [0.2, 0.25) is 0 Å². The number of hydrogen-bond acceptors (Lipinski definition) is 3. The monoisotopic (exact) mass is 423 g/mol. The number of rotatable bonds is 7. The quantitative estimate of drug-likeness (QED) is 0.538. The van der Waals surface area contributed by atoms with Gasteiger partial charge in [-0.2, -0.15) is 0 Å². The molecule has 0 radical (unpaired) electrons. The molecule has 120 valence electrons. The van der Waals surface area contributed by atoms with Crippen molar-refractivity contribution in [3.63, 3.8) is 0 Å². The van der Waals surface area contributed by atoms with Crippen LogP contribution in [0.15, 0.2) is 67.3 Å². The maximum Gasteiger partial charge on any atom is 0.408 e. The molecule has 0 fully saturated rings. The second kappa shape index (κ2) is 9.19. The smallest absolute Gasteiger partial charge is 0.408 e. The summed E-state index contributed by atoms with van der Waals surface area (Å²) in [5, 5.41) is 2.72. The van der Waals surface area contributed by atoms with Gasteiger partial charge in [0.05, 0.1) is 9.61 Å². The second-order valence-electron chi connectivity index (χ2n) is 4.79. The molecule has 23 heavy (non-hydrogen) atoms. The van der Waals surface area contributed by atoms with Gasteiger partial charge in [0.25, 0.3) is 0 Å². The van der Waals surface area contributed by atoms with Crippen LogP contribution < -0.4 is 10.1 Å². The summed E-state index contributed by atoms with van der Waals surface area (Å²) in [6.07, 6.45) is 1.13. The molecule has 5 heteroatoms. The number of alkyl carbamates (subject to hydrolysis) is 1. The molecule has 0 spiro atoms. The lowest BCUT2D eigenvalue weighted by atomic mass is 10.2. The standard InChI is InChI=1S/C18H18INO3/c1-2-15(13-22-17-11-7-6-10-16(17)19)20-18(21)23-12-14-8-4-3-5-9-14/h2-11,15H,1,12-13H2,(H,20,21). The summed E-state index contributed by atoms with van der Waals surface area (Å²) in [6, 6.07) is 16.9. The molecular weight excluding hydrogens is 405 g/mol. The summed E-state index contributed by atoms with van der Waals surface area (Å²) >= 11 is 2.20. The van der Waals surface area contributed by atoms with Crippen LogP contribution in [0.4, 0.5) is 4.79 Å². The Morgan fingerprint density at radius 2 is 1.87 bits per heavy atom. The van der Waals surface area contributed by atoms with Gasteiger partial charge in [-0.05, 0) is 40.3 Å². The SMILES string of the molecule is C=CC(COc1ccccc1I)NC(=O)OCc1ccccc1. The van der Waals surface area contributed by atoms with Crippen molar-refractivity contribution in [1.29, 1.82) is 0 Å². The number of benzene rings is 2. The fourth-order valence-electron chi connectivity index (χ4n) is 1.83. The van der Waals surface area contributed by atoms with Gasteiger partial charge in [0, 0.05) is 0 Å². The summed E-state index contributed by atoms with van der Waals surface area (Å²) in [4.78, 5) is 11.8. The summed E-state index contributed by atoms with van der Waals surface area (Å²) in [5.41, 5.74) is 0.938. The maximum absolute atomic E-state index is 11.8. The van der Waals surface area contributed by atoms with Crippen LogP contribution in [0, 0.1) is 3.57 Å². The molecule has 0 heterocycles. The van der Waals surface area contributed by atoms with Crippen LogP contribution in [-0.2, 0) is 11.3 Å². The molecule has 0 aliphatic carbocycles. The van der Waals surface area contributed by atoms with Gasteiger partial charge < -0.3 is 14.8 Å². The molecule has 0 bridgehead atoms. The second-order valence-corrected chi connectivity index (χ2v) is 5.95. The molecule has 1 unspecified atom stereocenters. The Hall–Kier alpha value is -2.02. The zero-order chi connectivity index (χ0) is 16.5. The predicted octanol–water partition coefficient (Wildman–Crippen LogP) is 4.15. The van der Waals surface area contributed by atoms with Crippen LogP contribution in [0.25, 0.3) is 0 Å². The third-order valence-corrected chi connectivity index (χ3v) is 3.95. The average Bonchev–Trinajstić information content (AvgIpc) is 2.59. The largest absolute Gasteiger partial charge is 0.490 e. The van der Waals surface area contributed by atoms with E-state index in [4.69, 9.17) is 9.47 Å². The topological polar surface area (TPSA) is 47.6 Å². The van der Waals surface area contributed by atoms with E-state index in [-0.39, 0.29) is 12.6 Å². The van der Waals surface area contributed by atoms with E-state index in [1.165, 1.54) is 0 Å². The van der Waals surface area contributed by atoms with Crippen molar-refractivity contribution >= 4 is 28.7 Å². The molecule has 2 rings (SSSR count). The zero-order valence-corrected chi connectivity index (χ0v) is 14.7. The van der Waals surface area contributed by atoms with Gasteiger partial charge in [0.15, 0.2) is 0 Å². The zero-order valence-electron chi connectivity index (χ0n) is 12.6. The Labute approximate surface area is 149 Å². The Kier molecular flexibility index (Phi) is 6.93. The van der Waals surface area contributed by atoms with Crippen molar-refractivity contribution in [2.75, 3.05) is 6.61 Å². The van der Waals surface area contributed by atoms with E-state index in [1.807, 2.05) is 54.6 Å². The predicted molar refractivity (Wildman–Crippen MR) is 98.4 cm³/mol. The van der Waals surface area contributed by atoms with E-state index in [0.29, 0.717) is 6.61 Å². The summed E-state index contributed by atoms with van der Waals surface area (Å²) in [5.74, 6) is 0.777. The van der Waals surface area contributed by atoms with Crippen molar-refractivity contribution in [3.8, 4) is 5.75 Å². The minimum atomic E-state index is -0.495. The Morgan fingerprint density at radius 1 is 1.17 bits per heavy atom. The number of carbonyl (C=O) groups is 1. The van der Waals surface area contributed by atoms with E-state index in [0.717, 1.165) is 14.9 Å². The molecule has 2 aromatic rings. The van der Waals surface area contributed by atoms with Crippen molar-refractivity contribution in [1.82, 2.24) is 5.32 Å². The molecule has 1 N–H and O–H groups in total. The fraction of sp³-hybridized carbons (Fsp3) is 0.167. The molecule has 1 atom stereocenters. The third-order valence-electron chi connectivity index (χ3n) is 3.06. The summed E-state index contributed by atoms with van der Waals surface area (Å²) in [7, 11) is 0. The molecule has 2 aromatic carbocycles. The van der Waals surface area contributed by atoms with E-state index in [9.17, 15) is 4.79 Å². The third kappa shape index (κ3) is 5.94. The first kappa shape index (κ1) is 17.3. The number of hydrogen-bond donors (Lipinski definition) is 1. The van der Waals surface area contributed by atoms with Crippen molar-refractivity contribution < 1.29 is 14.3 Å². The highest BCUT2D eigenvalue weighted by Gasteiger charge is 2.11. The number of amides is 1. The molecular formula is C18H18INO3. The molecule has 0 saturated heterocycles. The van der Waals surface area contributed by atoms with E-state index in [2.05, 4.69) is 34.5 Å². The normalized spacial score (nSPS) is 11.3. The van der Waals surface area contributed by atoms with E-state index in [1.54, 1.807) is 6.08 Å². The highest BCUT2D eigenvalue weighted by Crippen LogP contribution is 2.19. The highest BCUT2D eigenvalue weighted by molar-refractivity contribution is 14.1. The van der Waals surface area contributed by atoms with Gasteiger partial charge in [0.2, 0.25) is 0 Å².